The Bertz CT molecular complexity index is 675. The number of nitrogens with zero attached hydrogens (tertiary/aromatic N) is 1. The highest BCUT2D eigenvalue weighted by Gasteiger charge is 2.05. The van der Waals surface area contributed by atoms with Crippen molar-refractivity contribution >= 4 is 12.0 Å². The standard InChI is InChI=1S/C20H23NO3/c1-16-4-6-17(7-5-16)8-13-20(22)21(2)14-15-24-19-11-9-18(23-3)10-12-19/h4-13H,14-15H2,1-3H3/b13-8+. The number of carbonyl (C=O) groups excluding carboxylic acids is 1. The van der Waals surface area contributed by atoms with E-state index in [-0.39, 0.29) is 5.91 Å². The average molecular weight is 325 g/mol. The summed E-state index contributed by atoms with van der Waals surface area (Å²) in [5, 5.41) is 0. The van der Waals surface area contributed by atoms with Gasteiger partial charge in [0.2, 0.25) is 5.91 Å². The number of rotatable bonds is 7. The van der Waals surface area contributed by atoms with E-state index in [1.807, 2.05) is 61.5 Å². The van der Waals surface area contributed by atoms with Gasteiger partial charge in [0.1, 0.15) is 18.1 Å². The van der Waals surface area contributed by atoms with Crippen LogP contribution in [0.1, 0.15) is 11.1 Å². The summed E-state index contributed by atoms with van der Waals surface area (Å²) in [4.78, 5) is 13.7. The lowest BCUT2D eigenvalue weighted by atomic mass is 10.1. The van der Waals surface area contributed by atoms with E-state index in [1.54, 1.807) is 25.1 Å². The van der Waals surface area contributed by atoms with Gasteiger partial charge in [-0.25, -0.2) is 0 Å². The topological polar surface area (TPSA) is 38.8 Å². The van der Waals surface area contributed by atoms with E-state index in [1.165, 1.54) is 5.56 Å². The van der Waals surface area contributed by atoms with E-state index < -0.39 is 0 Å². The van der Waals surface area contributed by atoms with Crippen LogP contribution < -0.4 is 9.47 Å². The quantitative estimate of drug-likeness (QED) is 0.731. The molecule has 2 aromatic carbocycles. The molecule has 2 aromatic rings. The highest BCUT2D eigenvalue weighted by atomic mass is 16.5. The number of likely N-dealkylation sites (N-methyl/N-ethyl adjacent to an activating group) is 1. The Balaban J connectivity index is 1.77. The molecule has 0 heterocycles. The number of benzene rings is 2. The lowest BCUT2D eigenvalue weighted by Crippen LogP contribution is -2.29. The Hall–Kier alpha value is -2.75. The highest BCUT2D eigenvalue weighted by molar-refractivity contribution is 5.91. The molecule has 0 aliphatic heterocycles. The third kappa shape index (κ3) is 5.47. The molecule has 0 aliphatic rings. The van der Waals surface area contributed by atoms with Crippen molar-refractivity contribution in [2.75, 3.05) is 27.3 Å². The fraction of sp³-hybridized carbons (Fsp3) is 0.250. The predicted molar refractivity (Wildman–Crippen MR) is 96.3 cm³/mol. The monoisotopic (exact) mass is 325 g/mol. The maximum atomic E-state index is 12.1. The van der Waals surface area contributed by atoms with Crippen molar-refractivity contribution in [2.45, 2.75) is 6.92 Å². The van der Waals surface area contributed by atoms with Crippen molar-refractivity contribution in [3.8, 4) is 11.5 Å². The number of hydrogen-bond donors (Lipinski definition) is 0. The van der Waals surface area contributed by atoms with E-state index >= 15 is 0 Å². The number of methoxy groups -OCH3 is 1. The van der Waals surface area contributed by atoms with Crippen molar-refractivity contribution in [1.82, 2.24) is 4.90 Å². The molecule has 0 saturated carbocycles. The van der Waals surface area contributed by atoms with Crippen LogP contribution in [0.5, 0.6) is 11.5 Å². The predicted octanol–water partition coefficient (Wildman–Crippen LogP) is 3.55. The minimum Gasteiger partial charge on any atom is -0.497 e. The highest BCUT2D eigenvalue weighted by Crippen LogP contribution is 2.16. The maximum absolute atomic E-state index is 12.1. The number of ether oxygens (including phenoxy) is 2. The zero-order chi connectivity index (χ0) is 17.4. The first kappa shape index (κ1) is 17.6. The molecule has 0 atom stereocenters. The third-order valence-corrected chi connectivity index (χ3v) is 3.63. The van der Waals surface area contributed by atoms with Crippen LogP contribution in [0.25, 0.3) is 6.08 Å². The first-order valence-corrected chi connectivity index (χ1v) is 7.85. The summed E-state index contributed by atoms with van der Waals surface area (Å²) in [6, 6.07) is 15.4. The Morgan fingerprint density at radius 3 is 2.29 bits per heavy atom. The third-order valence-electron chi connectivity index (χ3n) is 3.63. The molecule has 0 spiro atoms. The van der Waals surface area contributed by atoms with Crippen LogP contribution in [-0.2, 0) is 4.79 Å². The van der Waals surface area contributed by atoms with Crippen molar-refractivity contribution in [3.05, 3.63) is 65.7 Å². The molecule has 0 aromatic heterocycles. The molecule has 0 unspecified atom stereocenters. The van der Waals surface area contributed by atoms with Crippen molar-refractivity contribution in [2.24, 2.45) is 0 Å². The van der Waals surface area contributed by atoms with E-state index in [0.29, 0.717) is 13.2 Å². The van der Waals surface area contributed by atoms with Crippen LogP contribution >= 0.6 is 0 Å². The lowest BCUT2D eigenvalue weighted by Gasteiger charge is -2.15. The van der Waals surface area contributed by atoms with E-state index in [2.05, 4.69) is 0 Å². The number of aryl methyl sites for hydroxylation is 1. The molecule has 4 heteroatoms. The van der Waals surface area contributed by atoms with Gasteiger partial charge in [-0.2, -0.15) is 0 Å². The molecule has 0 aliphatic carbocycles. The first-order valence-electron chi connectivity index (χ1n) is 7.85. The second-order valence-corrected chi connectivity index (χ2v) is 5.53. The smallest absolute Gasteiger partial charge is 0.246 e. The zero-order valence-electron chi connectivity index (χ0n) is 14.4. The largest absolute Gasteiger partial charge is 0.497 e. The number of amides is 1. The molecule has 0 fully saturated rings. The van der Waals surface area contributed by atoms with Gasteiger partial charge in [-0.15, -0.1) is 0 Å². The van der Waals surface area contributed by atoms with Crippen molar-refractivity contribution < 1.29 is 14.3 Å². The van der Waals surface area contributed by atoms with Gasteiger partial charge in [0.15, 0.2) is 0 Å². The summed E-state index contributed by atoms with van der Waals surface area (Å²) in [6.07, 6.45) is 3.40. The lowest BCUT2D eigenvalue weighted by molar-refractivity contribution is -0.125. The summed E-state index contributed by atoms with van der Waals surface area (Å²) >= 11 is 0. The zero-order valence-corrected chi connectivity index (χ0v) is 14.4. The average Bonchev–Trinajstić information content (AvgIpc) is 2.61. The van der Waals surface area contributed by atoms with E-state index in [4.69, 9.17) is 9.47 Å². The second kappa shape index (κ2) is 8.77. The van der Waals surface area contributed by atoms with Crippen LogP contribution in [0, 0.1) is 6.92 Å². The van der Waals surface area contributed by atoms with Gasteiger partial charge in [-0.1, -0.05) is 29.8 Å². The summed E-state index contributed by atoms with van der Waals surface area (Å²) < 4.78 is 10.7. The fourth-order valence-electron chi connectivity index (χ4n) is 2.05. The summed E-state index contributed by atoms with van der Waals surface area (Å²) in [7, 11) is 3.39. The van der Waals surface area contributed by atoms with Gasteiger partial charge in [0.25, 0.3) is 0 Å². The molecular weight excluding hydrogens is 302 g/mol. The first-order chi connectivity index (χ1) is 11.6. The van der Waals surface area contributed by atoms with Gasteiger partial charge >= 0.3 is 0 Å². The Morgan fingerprint density at radius 2 is 1.67 bits per heavy atom. The minimum absolute atomic E-state index is 0.0473. The number of hydrogen-bond acceptors (Lipinski definition) is 3. The van der Waals surface area contributed by atoms with Gasteiger partial charge in [0.05, 0.1) is 13.7 Å². The summed E-state index contributed by atoms with van der Waals surface area (Å²) in [5.41, 5.74) is 2.21. The molecule has 126 valence electrons. The molecule has 1 amide bonds. The van der Waals surface area contributed by atoms with Crippen molar-refractivity contribution in [1.29, 1.82) is 0 Å². The fourth-order valence-corrected chi connectivity index (χ4v) is 2.05. The van der Waals surface area contributed by atoms with Crippen LogP contribution in [-0.4, -0.2) is 38.1 Å². The minimum atomic E-state index is -0.0473. The molecule has 0 N–H and O–H groups in total. The molecule has 0 bridgehead atoms. The molecule has 4 nitrogen and oxygen atoms in total. The van der Waals surface area contributed by atoms with Crippen LogP contribution in [0.2, 0.25) is 0 Å². The summed E-state index contributed by atoms with van der Waals surface area (Å²) in [6.45, 7) is 2.99. The molecule has 24 heavy (non-hydrogen) atoms. The Labute approximate surface area is 143 Å². The Kier molecular flexibility index (Phi) is 6.43. The normalized spacial score (nSPS) is 10.6. The van der Waals surface area contributed by atoms with E-state index in [0.717, 1.165) is 17.1 Å². The van der Waals surface area contributed by atoms with E-state index in [9.17, 15) is 4.79 Å². The summed E-state index contributed by atoms with van der Waals surface area (Å²) in [5.74, 6) is 1.50. The van der Waals surface area contributed by atoms with Crippen molar-refractivity contribution in [3.63, 3.8) is 0 Å². The van der Waals surface area contributed by atoms with Gasteiger partial charge < -0.3 is 14.4 Å². The maximum Gasteiger partial charge on any atom is 0.246 e. The van der Waals surface area contributed by atoms with Gasteiger partial charge in [0, 0.05) is 13.1 Å². The van der Waals surface area contributed by atoms with Crippen LogP contribution in [0.15, 0.2) is 54.6 Å². The SMILES string of the molecule is COc1ccc(OCCN(C)C(=O)/C=C/c2ccc(C)cc2)cc1. The van der Waals surface area contributed by atoms with Gasteiger partial charge in [-0.05, 0) is 42.8 Å². The molecule has 2 rings (SSSR count). The van der Waals surface area contributed by atoms with Crippen LogP contribution in [0.4, 0.5) is 0 Å². The number of carbonyl (C=O) groups is 1. The second-order valence-electron chi connectivity index (χ2n) is 5.53. The Morgan fingerprint density at radius 1 is 1.04 bits per heavy atom. The van der Waals surface area contributed by atoms with Gasteiger partial charge in [-0.3, -0.25) is 4.79 Å². The molecule has 0 saturated heterocycles. The van der Waals surface area contributed by atoms with Crippen LogP contribution in [0.3, 0.4) is 0 Å². The molecular formula is C20H23NO3. The molecule has 0 radical (unpaired) electrons.